The van der Waals surface area contributed by atoms with Crippen LogP contribution in [0.5, 0.6) is 5.75 Å². The Labute approximate surface area is 207 Å². The molecule has 1 heterocycles. The first-order valence-electron chi connectivity index (χ1n) is 13.7. The average molecular weight is 497 g/mol. The van der Waals surface area contributed by atoms with E-state index in [9.17, 15) is 17.6 Å². The highest BCUT2D eigenvalue weighted by molar-refractivity contribution is 5.66. The predicted octanol–water partition coefficient (Wildman–Crippen LogP) is 9.28. The zero-order chi connectivity index (χ0) is 24.8. The number of allylic oxidation sites excluding steroid dienone is 1. The van der Waals surface area contributed by atoms with Crippen LogP contribution in [0.3, 0.4) is 0 Å². The standard InChI is InChI=1S/C29H40F4O2/c1-2-3-4-5-19-6-8-20(9-7-19)21-10-12-22(13-11-21)27-15-14-23(18-34-27)24-16-25(30)28(26(31)17-24)35-29(32)33/h16-22,27,29H,2-15H2,1H3. The van der Waals surface area contributed by atoms with Gasteiger partial charge in [0.2, 0.25) is 0 Å². The Bertz CT molecular complexity index is 816. The monoisotopic (exact) mass is 496 g/mol. The van der Waals surface area contributed by atoms with Crippen LogP contribution in [-0.4, -0.2) is 12.7 Å². The lowest BCUT2D eigenvalue weighted by Gasteiger charge is -2.40. The van der Waals surface area contributed by atoms with Crippen molar-refractivity contribution >= 4 is 5.57 Å². The summed E-state index contributed by atoms with van der Waals surface area (Å²) in [7, 11) is 0. The van der Waals surface area contributed by atoms with E-state index in [0.29, 0.717) is 23.5 Å². The summed E-state index contributed by atoms with van der Waals surface area (Å²) in [5.41, 5.74) is 1.00. The first-order chi connectivity index (χ1) is 16.9. The minimum Gasteiger partial charge on any atom is -0.497 e. The highest BCUT2D eigenvalue weighted by Gasteiger charge is 2.34. The van der Waals surface area contributed by atoms with E-state index >= 15 is 0 Å². The van der Waals surface area contributed by atoms with Crippen LogP contribution in [0.1, 0.15) is 102 Å². The molecule has 1 atom stereocenters. The van der Waals surface area contributed by atoms with Crippen LogP contribution in [0.15, 0.2) is 18.4 Å². The summed E-state index contributed by atoms with van der Waals surface area (Å²) in [4.78, 5) is 0. The Balaban J connectivity index is 1.23. The van der Waals surface area contributed by atoms with E-state index in [2.05, 4.69) is 11.7 Å². The highest BCUT2D eigenvalue weighted by atomic mass is 19.3. The summed E-state index contributed by atoms with van der Waals surface area (Å²) in [5, 5.41) is 0. The third-order valence-corrected chi connectivity index (χ3v) is 8.78. The molecule has 0 bridgehead atoms. The second-order valence-corrected chi connectivity index (χ2v) is 11.0. The molecule has 35 heavy (non-hydrogen) atoms. The molecule has 6 heteroatoms. The van der Waals surface area contributed by atoms with Crippen LogP contribution in [0.25, 0.3) is 5.57 Å². The molecule has 2 saturated carbocycles. The van der Waals surface area contributed by atoms with Crippen LogP contribution >= 0.6 is 0 Å². The maximum atomic E-state index is 14.1. The SMILES string of the molecule is CCCCCC1CCC(C2CCC(C3CCC(c4cc(F)c(OC(F)F)c(F)c4)=CO3)CC2)CC1. The predicted molar refractivity (Wildman–Crippen MR) is 130 cm³/mol. The highest BCUT2D eigenvalue weighted by Crippen LogP contribution is 2.44. The smallest absolute Gasteiger partial charge is 0.387 e. The van der Waals surface area contributed by atoms with Gasteiger partial charge in [0, 0.05) is 0 Å². The van der Waals surface area contributed by atoms with Gasteiger partial charge in [0.05, 0.1) is 6.26 Å². The lowest BCUT2D eigenvalue weighted by Crippen LogP contribution is -2.32. The molecule has 196 valence electrons. The molecule has 0 spiro atoms. The zero-order valence-electron chi connectivity index (χ0n) is 20.9. The quantitative estimate of drug-likeness (QED) is 0.250. The van der Waals surface area contributed by atoms with E-state index in [0.717, 1.165) is 36.3 Å². The van der Waals surface area contributed by atoms with Crippen molar-refractivity contribution in [2.45, 2.75) is 110 Å². The van der Waals surface area contributed by atoms with Crippen molar-refractivity contribution in [3.05, 3.63) is 35.6 Å². The maximum Gasteiger partial charge on any atom is 0.387 e. The third-order valence-electron chi connectivity index (χ3n) is 8.78. The van der Waals surface area contributed by atoms with Gasteiger partial charge >= 0.3 is 6.61 Å². The normalized spacial score (nSPS) is 29.5. The van der Waals surface area contributed by atoms with Gasteiger partial charge in [0.15, 0.2) is 17.4 Å². The fourth-order valence-corrected chi connectivity index (χ4v) is 6.72. The molecule has 3 aliphatic rings. The van der Waals surface area contributed by atoms with Crippen molar-refractivity contribution in [3.63, 3.8) is 0 Å². The molecular weight excluding hydrogens is 456 g/mol. The largest absolute Gasteiger partial charge is 0.497 e. The van der Waals surface area contributed by atoms with Gasteiger partial charge in [-0.15, -0.1) is 0 Å². The van der Waals surface area contributed by atoms with Gasteiger partial charge in [-0.2, -0.15) is 8.78 Å². The molecule has 4 rings (SSSR count). The third kappa shape index (κ3) is 6.95. The van der Waals surface area contributed by atoms with Crippen LogP contribution in [0, 0.1) is 35.3 Å². The number of rotatable bonds is 9. The van der Waals surface area contributed by atoms with E-state index in [4.69, 9.17) is 4.74 Å². The van der Waals surface area contributed by atoms with E-state index in [1.165, 1.54) is 77.0 Å². The fraction of sp³-hybridized carbons (Fsp3) is 0.724. The maximum absolute atomic E-state index is 14.1. The molecule has 0 N–H and O–H groups in total. The van der Waals surface area contributed by atoms with Crippen molar-refractivity contribution in [2.24, 2.45) is 23.7 Å². The van der Waals surface area contributed by atoms with Gasteiger partial charge in [-0.05, 0) is 98.3 Å². The van der Waals surface area contributed by atoms with Crippen molar-refractivity contribution < 1.29 is 27.0 Å². The number of alkyl halides is 2. The Morgan fingerprint density at radius 3 is 2.00 bits per heavy atom. The number of unbranched alkanes of at least 4 members (excludes halogenated alkanes) is 2. The van der Waals surface area contributed by atoms with Crippen LogP contribution < -0.4 is 4.74 Å². The van der Waals surface area contributed by atoms with E-state index in [1.807, 2.05) is 0 Å². The Hall–Kier alpha value is -1.72. The number of halogens is 4. The number of hydrogen-bond acceptors (Lipinski definition) is 2. The first kappa shape index (κ1) is 26.3. The molecule has 2 aliphatic carbocycles. The summed E-state index contributed by atoms with van der Waals surface area (Å²) in [6.07, 6.45) is 19.3. The molecule has 2 fully saturated rings. The summed E-state index contributed by atoms with van der Waals surface area (Å²) >= 11 is 0. The number of ether oxygens (including phenoxy) is 2. The van der Waals surface area contributed by atoms with Crippen molar-refractivity contribution in [1.82, 2.24) is 0 Å². The van der Waals surface area contributed by atoms with Crippen LogP contribution in [-0.2, 0) is 4.74 Å². The van der Waals surface area contributed by atoms with Gasteiger partial charge in [-0.1, -0.05) is 45.4 Å². The minimum atomic E-state index is -3.27. The topological polar surface area (TPSA) is 18.5 Å². The van der Waals surface area contributed by atoms with Crippen LogP contribution in [0.2, 0.25) is 0 Å². The summed E-state index contributed by atoms with van der Waals surface area (Å²) in [5.74, 6) is -0.0455. The summed E-state index contributed by atoms with van der Waals surface area (Å²) in [6.45, 7) is -0.998. The van der Waals surface area contributed by atoms with Gasteiger partial charge in [0.1, 0.15) is 6.10 Å². The fourth-order valence-electron chi connectivity index (χ4n) is 6.72. The molecule has 0 amide bonds. The lowest BCUT2D eigenvalue weighted by molar-refractivity contribution is -0.0546. The van der Waals surface area contributed by atoms with Crippen molar-refractivity contribution in [2.75, 3.05) is 0 Å². The second kappa shape index (κ2) is 12.5. The van der Waals surface area contributed by atoms with E-state index in [-0.39, 0.29) is 6.10 Å². The molecular formula is C29H40F4O2. The van der Waals surface area contributed by atoms with Gasteiger partial charge in [0.25, 0.3) is 0 Å². The van der Waals surface area contributed by atoms with Gasteiger partial charge in [-0.25, -0.2) is 8.78 Å². The van der Waals surface area contributed by atoms with E-state index in [1.54, 1.807) is 6.26 Å². The number of hydrogen-bond donors (Lipinski definition) is 0. The molecule has 1 unspecified atom stereocenters. The Kier molecular flexibility index (Phi) is 9.40. The second-order valence-electron chi connectivity index (χ2n) is 11.0. The summed E-state index contributed by atoms with van der Waals surface area (Å²) < 4.78 is 62.9. The lowest BCUT2D eigenvalue weighted by atomic mass is 9.67. The molecule has 0 radical (unpaired) electrons. The first-order valence-corrected chi connectivity index (χ1v) is 13.7. The number of benzene rings is 1. The molecule has 0 aromatic heterocycles. The molecule has 1 aromatic rings. The van der Waals surface area contributed by atoms with E-state index < -0.39 is 24.0 Å². The van der Waals surface area contributed by atoms with Crippen LogP contribution in [0.4, 0.5) is 17.6 Å². The summed E-state index contributed by atoms with van der Waals surface area (Å²) in [6, 6.07) is 2.08. The molecule has 1 aliphatic heterocycles. The average Bonchev–Trinajstić information content (AvgIpc) is 2.87. The Morgan fingerprint density at radius 2 is 1.46 bits per heavy atom. The van der Waals surface area contributed by atoms with Gasteiger partial charge < -0.3 is 9.47 Å². The van der Waals surface area contributed by atoms with Gasteiger partial charge in [-0.3, -0.25) is 0 Å². The van der Waals surface area contributed by atoms with Crippen molar-refractivity contribution in [1.29, 1.82) is 0 Å². The Morgan fingerprint density at radius 1 is 0.857 bits per heavy atom. The van der Waals surface area contributed by atoms with Crippen molar-refractivity contribution in [3.8, 4) is 5.75 Å². The molecule has 1 aromatic carbocycles. The minimum absolute atomic E-state index is 0.144. The molecule has 0 saturated heterocycles. The molecule has 2 nitrogen and oxygen atoms in total. The zero-order valence-corrected chi connectivity index (χ0v) is 20.9.